The van der Waals surface area contributed by atoms with Gasteiger partial charge in [0.1, 0.15) is 5.82 Å². The average Bonchev–Trinajstić information content (AvgIpc) is 2.77. The smallest absolute Gasteiger partial charge is 0.156 e. The summed E-state index contributed by atoms with van der Waals surface area (Å²) in [5.74, 6) is 1.74. The molecule has 2 aromatic heterocycles. The molecule has 0 saturated carbocycles. The van der Waals surface area contributed by atoms with E-state index in [1.54, 1.807) is 18.6 Å². The fourth-order valence-electron chi connectivity index (χ4n) is 1.41. The largest absolute Gasteiger partial charge is 0.325 e. The summed E-state index contributed by atoms with van der Waals surface area (Å²) in [7, 11) is 0. The van der Waals surface area contributed by atoms with Crippen molar-refractivity contribution >= 4 is 0 Å². The van der Waals surface area contributed by atoms with Crippen LogP contribution in [-0.4, -0.2) is 19.5 Å². The fraction of sp³-hybridized carbons (Fsp3) is 0.300. The van der Waals surface area contributed by atoms with Crippen molar-refractivity contribution in [1.29, 1.82) is 0 Å². The Morgan fingerprint density at radius 2 is 2.27 bits per heavy atom. The highest BCUT2D eigenvalue weighted by Crippen LogP contribution is 2.07. The number of hydrogen-bond acceptors (Lipinski definition) is 4. The van der Waals surface area contributed by atoms with Gasteiger partial charge in [0.05, 0.1) is 11.9 Å². The Bertz CT molecular complexity index is 449. The predicted octanol–water partition coefficient (Wildman–Crippen LogP) is 0.683. The normalized spacial score (nSPS) is 10.5. The van der Waals surface area contributed by atoms with Crippen LogP contribution in [0.2, 0.25) is 0 Å². The van der Waals surface area contributed by atoms with Crippen molar-refractivity contribution in [3.63, 3.8) is 0 Å². The van der Waals surface area contributed by atoms with E-state index < -0.39 is 0 Å². The van der Waals surface area contributed by atoms with Crippen LogP contribution in [0.4, 0.5) is 0 Å². The molecule has 0 radical (unpaired) electrons. The lowest BCUT2D eigenvalue weighted by Gasteiger charge is -2.05. The van der Waals surface area contributed by atoms with Crippen LogP contribution in [0, 0.1) is 0 Å². The highest BCUT2D eigenvalue weighted by Gasteiger charge is 2.04. The molecule has 2 rings (SSSR count). The van der Waals surface area contributed by atoms with Crippen LogP contribution in [0.25, 0.3) is 5.82 Å². The van der Waals surface area contributed by atoms with Crippen LogP contribution < -0.4 is 5.73 Å². The lowest BCUT2D eigenvalue weighted by atomic mass is 10.4. The van der Waals surface area contributed by atoms with E-state index in [-0.39, 0.29) is 0 Å². The minimum absolute atomic E-state index is 0.400. The predicted molar refractivity (Wildman–Crippen MR) is 56.4 cm³/mol. The van der Waals surface area contributed by atoms with Crippen molar-refractivity contribution in [2.75, 3.05) is 0 Å². The molecule has 5 heteroatoms. The van der Waals surface area contributed by atoms with Gasteiger partial charge in [-0.15, -0.1) is 0 Å². The fourth-order valence-corrected chi connectivity index (χ4v) is 1.41. The van der Waals surface area contributed by atoms with Crippen LogP contribution in [-0.2, 0) is 13.0 Å². The molecule has 0 spiro atoms. The van der Waals surface area contributed by atoms with Crippen LogP contribution in [0.3, 0.4) is 0 Å². The summed E-state index contributed by atoms with van der Waals surface area (Å²) in [6.07, 6.45) is 7.88. The maximum Gasteiger partial charge on any atom is 0.156 e. The summed E-state index contributed by atoms with van der Waals surface area (Å²) in [5, 5.41) is 0. The second-order valence-electron chi connectivity index (χ2n) is 3.14. The Labute approximate surface area is 88.0 Å². The van der Waals surface area contributed by atoms with Crippen LogP contribution >= 0.6 is 0 Å². The molecule has 2 N–H and O–H groups in total. The highest BCUT2D eigenvalue weighted by molar-refractivity contribution is 5.22. The first-order chi connectivity index (χ1) is 7.35. The molecular weight excluding hydrogens is 190 g/mol. The monoisotopic (exact) mass is 203 g/mol. The van der Waals surface area contributed by atoms with Gasteiger partial charge in [-0.1, -0.05) is 6.92 Å². The zero-order valence-electron chi connectivity index (χ0n) is 8.59. The van der Waals surface area contributed by atoms with E-state index in [9.17, 15) is 0 Å². The molecule has 2 heterocycles. The van der Waals surface area contributed by atoms with E-state index in [1.807, 2.05) is 10.8 Å². The zero-order valence-corrected chi connectivity index (χ0v) is 8.59. The van der Waals surface area contributed by atoms with Crippen LogP contribution in [0.5, 0.6) is 0 Å². The molecule has 0 aliphatic rings. The topological polar surface area (TPSA) is 69.6 Å². The lowest BCUT2D eigenvalue weighted by Crippen LogP contribution is -2.06. The number of hydrogen-bond donors (Lipinski definition) is 1. The quantitative estimate of drug-likeness (QED) is 0.796. The van der Waals surface area contributed by atoms with Crippen molar-refractivity contribution < 1.29 is 0 Å². The van der Waals surface area contributed by atoms with Crippen molar-refractivity contribution in [2.24, 2.45) is 5.73 Å². The zero-order chi connectivity index (χ0) is 10.7. The molecule has 0 aliphatic carbocycles. The summed E-state index contributed by atoms with van der Waals surface area (Å²) in [5.41, 5.74) is 6.30. The number of nitrogens with zero attached hydrogens (tertiary/aromatic N) is 4. The second-order valence-corrected chi connectivity index (χ2v) is 3.14. The Morgan fingerprint density at radius 1 is 1.40 bits per heavy atom. The molecule has 15 heavy (non-hydrogen) atoms. The molecule has 78 valence electrons. The molecule has 0 unspecified atom stereocenters. The van der Waals surface area contributed by atoms with Gasteiger partial charge in [-0.25, -0.2) is 9.97 Å². The van der Waals surface area contributed by atoms with Gasteiger partial charge in [0.15, 0.2) is 5.82 Å². The SMILES string of the molecule is CCc1nccn1-c1cncc(CN)n1. The van der Waals surface area contributed by atoms with E-state index >= 15 is 0 Å². The van der Waals surface area contributed by atoms with Gasteiger partial charge in [0.25, 0.3) is 0 Å². The summed E-state index contributed by atoms with van der Waals surface area (Å²) in [4.78, 5) is 12.7. The molecule has 0 aliphatic heterocycles. The third kappa shape index (κ3) is 1.87. The summed E-state index contributed by atoms with van der Waals surface area (Å²) < 4.78 is 1.92. The lowest BCUT2D eigenvalue weighted by molar-refractivity contribution is 0.839. The van der Waals surface area contributed by atoms with Gasteiger partial charge in [-0.3, -0.25) is 9.55 Å². The van der Waals surface area contributed by atoms with Crippen LogP contribution in [0.15, 0.2) is 24.8 Å². The first kappa shape index (κ1) is 9.79. The van der Waals surface area contributed by atoms with Gasteiger partial charge >= 0.3 is 0 Å². The molecule has 0 saturated heterocycles. The summed E-state index contributed by atoms with van der Waals surface area (Å²) in [6.45, 7) is 2.45. The first-order valence-corrected chi connectivity index (χ1v) is 4.88. The van der Waals surface area contributed by atoms with E-state index in [0.29, 0.717) is 6.54 Å². The van der Waals surface area contributed by atoms with Gasteiger partial charge in [-0.05, 0) is 0 Å². The molecule has 0 atom stereocenters. The van der Waals surface area contributed by atoms with Gasteiger partial charge in [-0.2, -0.15) is 0 Å². The van der Waals surface area contributed by atoms with Crippen molar-refractivity contribution in [1.82, 2.24) is 19.5 Å². The number of aromatic nitrogens is 4. The van der Waals surface area contributed by atoms with Gasteiger partial charge < -0.3 is 5.73 Å². The minimum atomic E-state index is 0.400. The number of rotatable bonds is 3. The maximum absolute atomic E-state index is 5.52. The first-order valence-electron chi connectivity index (χ1n) is 4.88. The third-order valence-corrected chi connectivity index (χ3v) is 2.16. The second kappa shape index (κ2) is 4.18. The Hall–Kier alpha value is -1.75. The molecule has 0 amide bonds. The number of nitrogens with two attached hydrogens (primary N) is 1. The van der Waals surface area contributed by atoms with Crippen LogP contribution in [0.1, 0.15) is 18.4 Å². The van der Waals surface area contributed by atoms with E-state index in [4.69, 9.17) is 5.73 Å². The van der Waals surface area contributed by atoms with Gasteiger partial charge in [0.2, 0.25) is 0 Å². The van der Waals surface area contributed by atoms with Crippen molar-refractivity contribution in [2.45, 2.75) is 19.9 Å². The summed E-state index contributed by atoms with van der Waals surface area (Å²) in [6, 6.07) is 0. The highest BCUT2D eigenvalue weighted by atomic mass is 15.1. The average molecular weight is 203 g/mol. The van der Waals surface area contributed by atoms with E-state index in [1.165, 1.54) is 0 Å². The standard InChI is InChI=1S/C10H13N5/c1-2-9-13-3-4-15(9)10-7-12-6-8(5-11)14-10/h3-4,6-7H,2,5,11H2,1H3. The number of aryl methyl sites for hydroxylation is 1. The Morgan fingerprint density at radius 3 is 3.00 bits per heavy atom. The minimum Gasteiger partial charge on any atom is -0.325 e. The molecule has 0 aromatic carbocycles. The molecule has 0 bridgehead atoms. The van der Waals surface area contributed by atoms with Crippen molar-refractivity contribution in [3.05, 3.63) is 36.3 Å². The molecule has 2 aromatic rings. The molecule has 0 fully saturated rings. The number of imidazole rings is 1. The van der Waals surface area contributed by atoms with Crippen molar-refractivity contribution in [3.8, 4) is 5.82 Å². The Balaban J connectivity index is 2.44. The van der Waals surface area contributed by atoms with E-state index in [2.05, 4.69) is 21.9 Å². The third-order valence-electron chi connectivity index (χ3n) is 2.16. The Kier molecular flexibility index (Phi) is 2.73. The van der Waals surface area contributed by atoms with Gasteiger partial charge in [0, 0.05) is 31.6 Å². The summed E-state index contributed by atoms with van der Waals surface area (Å²) >= 11 is 0. The maximum atomic E-state index is 5.52. The molecular formula is C10H13N5. The van der Waals surface area contributed by atoms with E-state index in [0.717, 1.165) is 23.8 Å². The molecule has 5 nitrogen and oxygen atoms in total.